The maximum absolute atomic E-state index is 13.5. The summed E-state index contributed by atoms with van der Waals surface area (Å²) in [4.78, 5) is 40.7. The van der Waals surface area contributed by atoms with E-state index >= 15 is 0 Å². The summed E-state index contributed by atoms with van der Waals surface area (Å²) >= 11 is 7.68. The Morgan fingerprint density at radius 2 is 1.35 bits per heavy atom. The first-order chi connectivity index (χ1) is 22.2. The maximum atomic E-state index is 13.5. The number of rotatable bonds is 10. The molecule has 5 aromatic carbocycles. The fourth-order valence-electron chi connectivity index (χ4n) is 4.50. The fourth-order valence-corrected chi connectivity index (χ4v) is 5.71. The lowest BCUT2D eigenvalue weighted by Crippen LogP contribution is -2.30. The molecule has 0 spiro atoms. The zero-order valence-electron chi connectivity index (χ0n) is 25.3. The van der Waals surface area contributed by atoms with Crippen molar-refractivity contribution in [3.8, 4) is 0 Å². The van der Waals surface area contributed by atoms with Gasteiger partial charge in [-0.25, -0.2) is 0 Å². The van der Waals surface area contributed by atoms with Crippen LogP contribution in [-0.2, 0) is 9.59 Å². The van der Waals surface area contributed by atoms with E-state index in [1.54, 1.807) is 48.5 Å². The van der Waals surface area contributed by atoms with Gasteiger partial charge in [0.25, 0.3) is 11.8 Å². The quantitative estimate of drug-likeness (QED) is 0.105. The predicted molar refractivity (Wildman–Crippen MR) is 188 cm³/mol. The molecular formula is C38H32ClN3O3S. The summed E-state index contributed by atoms with van der Waals surface area (Å²) in [5.41, 5.74) is 5.33. The van der Waals surface area contributed by atoms with Gasteiger partial charge in [0.05, 0.1) is 0 Å². The number of carbonyl (C=O) groups is 3. The Bertz CT molecular complexity index is 1860. The lowest BCUT2D eigenvalue weighted by atomic mass is 10.1. The molecule has 0 radical (unpaired) electrons. The number of thioether (sulfide) groups is 1. The molecule has 0 aliphatic carbocycles. The Kier molecular flexibility index (Phi) is 10.7. The molecule has 0 bridgehead atoms. The molecule has 5 aromatic rings. The fraction of sp³-hybridized carbons (Fsp3) is 0.0789. The van der Waals surface area contributed by atoms with Crippen LogP contribution in [0.3, 0.4) is 0 Å². The van der Waals surface area contributed by atoms with E-state index in [9.17, 15) is 14.4 Å². The molecule has 0 heterocycles. The molecule has 5 rings (SSSR count). The monoisotopic (exact) mass is 645 g/mol. The van der Waals surface area contributed by atoms with Crippen LogP contribution < -0.4 is 16.0 Å². The first kappa shape index (κ1) is 32.3. The van der Waals surface area contributed by atoms with Crippen LogP contribution in [-0.4, -0.2) is 17.7 Å². The molecule has 0 aliphatic heterocycles. The molecular weight excluding hydrogens is 614 g/mol. The molecule has 3 amide bonds. The molecule has 6 nitrogen and oxygen atoms in total. The van der Waals surface area contributed by atoms with Crippen LogP contribution in [0.15, 0.2) is 138 Å². The molecule has 0 aliphatic rings. The van der Waals surface area contributed by atoms with Crippen molar-refractivity contribution in [3.05, 3.63) is 166 Å². The molecule has 46 heavy (non-hydrogen) atoms. The van der Waals surface area contributed by atoms with Crippen LogP contribution in [0.2, 0.25) is 5.02 Å². The summed E-state index contributed by atoms with van der Waals surface area (Å²) in [7, 11) is 0. The van der Waals surface area contributed by atoms with Crippen molar-refractivity contribution >= 4 is 58.5 Å². The average molecular weight is 646 g/mol. The number of hydrogen-bond acceptors (Lipinski definition) is 4. The van der Waals surface area contributed by atoms with Crippen LogP contribution >= 0.6 is 23.4 Å². The Balaban J connectivity index is 1.32. The predicted octanol–water partition coefficient (Wildman–Crippen LogP) is 8.84. The van der Waals surface area contributed by atoms with Crippen molar-refractivity contribution in [2.45, 2.75) is 24.0 Å². The lowest BCUT2D eigenvalue weighted by Gasteiger charge is -2.18. The Morgan fingerprint density at radius 1 is 0.717 bits per heavy atom. The van der Waals surface area contributed by atoms with E-state index in [0.29, 0.717) is 22.0 Å². The van der Waals surface area contributed by atoms with Gasteiger partial charge in [-0.05, 0) is 85.1 Å². The van der Waals surface area contributed by atoms with E-state index < -0.39 is 11.2 Å². The van der Waals surface area contributed by atoms with Crippen LogP contribution in [0.5, 0.6) is 0 Å². The lowest BCUT2D eigenvalue weighted by molar-refractivity contribution is -0.116. The molecule has 0 saturated heterocycles. The van der Waals surface area contributed by atoms with Gasteiger partial charge >= 0.3 is 0 Å². The van der Waals surface area contributed by atoms with E-state index in [0.717, 1.165) is 27.1 Å². The molecule has 0 aromatic heterocycles. The van der Waals surface area contributed by atoms with Gasteiger partial charge < -0.3 is 16.0 Å². The van der Waals surface area contributed by atoms with E-state index in [4.69, 9.17) is 11.6 Å². The topological polar surface area (TPSA) is 87.3 Å². The van der Waals surface area contributed by atoms with Crippen LogP contribution in [0.25, 0.3) is 6.08 Å². The third-order valence-electron chi connectivity index (χ3n) is 7.06. The summed E-state index contributed by atoms with van der Waals surface area (Å²) in [6, 6.07) is 38.6. The van der Waals surface area contributed by atoms with Gasteiger partial charge in [-0.15, -0.1) is 11.8 Å². The molecule has 0 fully saturated rings. The highest BCUT2D eigenvalue weighted by Gasteiger charge is 2.23. The Hall–Kier alpha value is -5.11. The van der Waals surface area contributed by atoms with Crippen LogP contribution in [0.4, 0.5) is 11.4 Å². The smallest absolute Gasteiger partial charge is 0.272 e. The Morgan fingerprint density at radius 3 is 2.00 bits per heavy atom. The number of anilines is 2. The largest absolute Gasteiger partial charge is 0.325 e. The molecule has 8 heteroatoms. The van der Waals surface area contributed by atoms with E-state index in [1.165, 1.54) is 11.8 Å². The van der Waals surface area contributed by atoms with Gasteiger partial charge in [0, 0.05) is 26.9 Å². The maximum Gasteiger partial charge on any atom is 0.272 e. The van der Waals surface area contributed by atoms with Crippen molar-refractivity contribution in [2.24, 2.45) is 0 Å². The van der Waals surface area contributed by atoms with Crippen LogP contribution in [0.1, 0.15) is 37.9 Å². The first-order valence-electron chi connectivity index (χ1n) is 14.6. The summed E-state index contributed by atoms with van der Waals surface area (Å²) < 4.78 is 0. The van der Waals surface area contributed by atoms with Gasteiger partial charge in [0.1, 0.15) is 10.9 Å². The van der Waals surface area contributed by atoms with Gasteiger partial charge in [0.2, 0.25) is 5.91 Å². The minimum Gasteiger partial charge on any atom is -0.325 e. The van der Waals surface area contributed by atoms with Gasteiger partial charge in [-0.2, -0.15) is 0 Å². The van der Waals surface area contributed by atoms with Crippen molar-refractivity contribution in [2.75, 3.05) is 10.6 Å². The SMILES string of the molecule is Cc1ccc(/C=C(\NC(=O)c2ccccc2)C(=O)Nc2ccc(SC(C(=O)Nc3ccc(C)c(Cl)c3)c3ccccc3)cc2)cc1. The number of carbonyl (C=O) groups excluding carboxylic acids is 3. The summed E-state index contributed by atoms with van der Waals surface area (Å²) in [5, 5.41) is 8.67. The highest BCUT2D eigenvalue weighted by Crippen LogP contribution is 2.37. The number of halogens is 1. The van der Waals surface area contributed by atoms with E-state index in [1.807, 2.05) is 98.8 Å². The molecule has 1 atom stereocenters. The van der Waals surface area contributed by atoms with E-state index in [-0.39, 0.29) is 17.5 Å². The third-order valence-corrected chi connectivity index (χ3v) is 8.74. The van der Waals surface area contributed by atoms with E-state index in [2.05, 4.69) is 16.0 Å². The van der Waals surface area contributed by atoms with Gasteiger partial charge in [-0.1, -0.05) is 96.0 Å². The van der Waals surface area contributed by atoms with Crippen molar-refractivity contribution < 1.29 is 14.4 Å². The zero-order valence-corrected chi connectivity index (χ0v) is 26.9. The highest BCUT2D eigenvalue weighted by molar-refractivity contribution is 8.00. The second kappa shape index (κ2) is 15.3. The van der Waals surface area contributed by atoms with Crippen molar-refractivity contribution in [1.82, 2.24) is 5.32 Å². The van der Waals surface area contributed by atoms with Crippen molar-refractivity contribution in [1.29, 1.82) is 0 Å². The van der Waals surface area contributed by atoms with Crippen LogP contribution in [0, 0.1) is 13.8 Å². The zero-order chi connectivity index (χ0) is 32.5. The molecule has 1 unspecified atom stereocenters. The third kappa shape index (κ3) is 8.75. The van der Waals surface area contributed by atoms with Gasteiger partial charge in [0.15, 0.2) is 0 Å². The number of nitrogens with one attached hydrogen (secondary N) is 3. The standard InChI is InChI=1S/C38H32ClN3O3S/c1-25-13-16-27(17-14-25)23-34(42-36(43)29-11-7-4-8-12-29)37(44)40-30-19-21-32(22-20-30)46-35(28-9-5-3-6-10-28)38(45)41-31-18-15-26(2)33(39)24-31/h3-24,35H,1-2H3,(H,40,44)(H,41,45)(H,42,43)/b34-23-. The molecule has 3 N–H and O–H groups in total. The van der Waals surface area contributed by atoms with Crippen molar-refractivity contribution in [3.63, 3.8) is 0 Å². The average Bonchev–Trinajstić information content (AvgIpc) is 3.07. The highest BCUT2D eigenvalue weighted by atomic mass is 35.5. The minimum absolute atomic E-state index is 0.105. The summed E-state index contributed by atoms with van der Waals surface area (Å²) in [6.45, 7) is 3.89. The summed E-state index contributed by atoms with van der Waals surface area (Å²) in [6.07, 6.45) is 1.64. The van der Waals surface area contributed by atoms with Gasteiger partial charge in [-0.3, -0.25) is 14.4 Å². The molecule has 0 saturated carbocycles. The Labute approximate surface area is 277 Å². The number of hydrogen-bond donors (Lipinski definition) is 3. The second-order valence-corrected chi connectivity index (χ2v) is 12.2. The molecule has 230 valence electrons. The number of aryl methyl sites for hydroxylation is 2. The summed E-state index contributed by atoms with van der Waals surface area (Å²) in [5.74, 6) is -1.05. The first-order valence-corrected chi connectivity index (χ1v) is 15.9. The second-order valence-electron chi connectivity index (χ2n) is 10.6. The normalized spacial score (nSPS) is 11.8. The minimum atomic E-state index is -0.543. The number of benzene rings is 5. The number of amides is 3.